The third kappa shape index (κ3) is 2.63. The van der Waals surface area contributed by atoms with Crippen molar-refractivity contribution in [2.45, 2.75) is 19.4 Å². The summed E-state index contributed by atoms with van der Waals surface area (Å²) in [7, 11) is 1.58. The standard InChI is InChI=1S/C10H15NO2/c1-7(11)5-8-3-4-9(12)6-10(8)13-2/h3-4,6-7,12H,5,11H2,1-2H3/t7-/m1/s1. The van der Waals surface area contributed by atoms with Crippen LogP contribution in [0.1, 0.15) is 12.5 Å². The van der Waals surface area contributed by atoms with Gasteiger partial charge in [0.2, 0.25) is 0 Å². The molecule has 0 bridgehead atoms. The molecule has 1 aromatic carbocycles. The van der Waals surface area contributed by atoms with E-state index in [0.29, 0.717) is 5.75 Å². The van der Waals surface area contributed by atoms with Crippen molar-refractivity contribution in [1.29, 1.82) is 0 Å². The number of nitrogens with two attached hydrogens (primary N) is 1. The largest absolute Gasteiger partial charge is 0.508 e. The smallest absolute Gasteiger partial charge is 0.125 e. The van der Waals surface area contributed by atoms with Gasteiger partial charge in [-0.25, -0.2) is 0 Å². The average molecular weight is 181 g/mol. The molecule has 0 fully saturated rings. The summed E-state index contributed by atoms with van der Waals surface area (Å²) in [4.78, 5) is 0. The van der Waals surface area contributed by atoms with Gasteiger partial charge in [0.05, 0.1) is 7.11 Å². The average Bonchev–Trinajstić information content (AvgIpc) is 2.07. The molecule has 0 radical (unpaired) electrons. The van der Waals surface area contributed by atoms with Crippen molar-refractivity contribution >= 4 is 0 Å². The molecule has 1 aromatic rings. The molecule has 1 rings (SSSR count). The number of phenols is 1. The number of phenolic OH excluding ortho intramolecular Hbond substituents is 1. The van der Waals surface area contributed by atoms with Crippen LogP contribution in [-0.4, -0.2) is 18.3 Å². The number of hydrogen-bond acceptors (Lipinski definition) is 3. The van der Waals surface area contributed by atoms with Crippen molar-refractivity contribution in [3.8, 4) is 11.5 Å². The Balaban J connectivity index is 2.92. The number of methoxy groups -OCH3 is 1. The van der Waals surface area contributed by atoms with E-state index in [0.717, 1.165) is 12.0 Å². The summed E-state index contributed by atoms with van der Waals surface area (Å²) in [6, 6.07) is 5.16. The Hall–Kier alpha value is -1.22. The van der Waals surface area contributed by atoms with Crippen LogP contribution in [0.5, 0.6) is 11.5 Å². The van der Waals surface area contributed by atoms with Crippen molar-refractivity contribution in [3.63, 3.8) is 0 Å². The lowest BCUT2D eigenvalue weighted by Crippen LogP contribution is -2.18. The number of benzene rings is 1. The van der Waals surface area contributed by atoms with Crippen LogP contribution >= 0.6 is 0 Å². The topological polar surface area (TPSA) is 55.5 Å². The minimum absolute atomic E-state index is 0.0958. The molecular formula is C10H15NO2. The first kappa shape index (κ1) is 9.86. The zero-order valence-corrected chi connectivity index (χ0v) is 7.95. The van der Waals surface area contributed by atoms with Gasteiger partial charge < -0.3 is 15.6 Å². The van der Waals surface area contributed by atoms with Crippen LogP contribution in [0.2, 0.25) is 0 Å². The van der Waals surface area contributed by atoms with E-state index in [1.54, 1.807) is 19.2 Å². The van der Waals surface area contributed by atoms with Gasteiger partial charge in [0, 0.05) is 12.1 Å². The summed E-state index contributed by atoms with van der Waals surface area (Å²) < 4.78 is 5.11. The molecule has 3 N–H and O–H groups in total. The SMILES string of the molecule is COc1cc(O)ccc1C[C@@H](C)N. The van der Waals surface area contributed by atoms with Crippen molar-refractivity contribution in [3.05, 3.63) is 23.8 Å². The zero-order valence-electron chi connectivity index (χ0n) is 7.95. The summed E-state index contributed by atoms with van der Waals surface area (Å²) in [6.07, 6.45) is 0.753. The minimum atomic E-state index is 0.0958. The van der Waals surface area contributed by atoms with Gasteiger partial charge in [-0.3, -0.25) is 0 Å². The fourth-order valence-corrected chi connectivity index (χ4v) is 1.25. The maximum absolute atomic E-state index is 9.19. The van der Waals surface area contributed by atoms with Crippen LogP contribution in [0.25, 0.3) is 0 Å². The van der Waals surface area contributed by atoms with Crippen LogP contribution in [0.3, 0.4) is 0 Å². The maximum Gasteiger partial charge on any atom is 0.125 e. The van der Waals surface area contributed by atoms with Gasteiger partial charge in [0.25, 0.3) is 0 Å². The maximum atomic E-state index is 9.19. The highest BCUT2D eigenvalue weighted by Gasteiger charge is 2.05. The molecule has 0 aromatic heterocycles. The Labute approximate surface area is 78.1 Å². The van der Waals surface area contributed by atoms with E-state index in [4.69, 9.17) is 10.5 Å². The quantitative estimate of drug-likeness (QED) is 0.738. The molecule has 0 aliphatic carbocycles. The molecule has 0 heterocycles. The number of hydrogen-bond donors (Lipinski definition) is 2. The Morgan fingerprint density at radius 3 is 2.77 bits per heavy atom. The minimum Gasteiger partial charge on any atom is -0.508 e. The van der Waals surface area contributed by atoms with Crippen LogP contribution in [0.15, 0.2) is 18.2 Å². The van der Waals surface area contributed by atoms with E-state index in [1.165, 1.54) is 0 Å². The second kappa shape index (κ2) is 4.14. The van der Waals surface area contributed by atoms with Gasteiger partial charge in [-0.15, -0.1) is 0 Å². The van der Waals surface area contributed by atoms with E-state index < -0.39 is 0 Å². The van der Waals surface area contributed by atoms with Crippen molar-refractivity contribution in [1.82, 2.24) is 0 Å². The highest BCUT2D eigenvalue weighted by Crippen LogP contribution is 2.24. The Kier molecular flexibility index (Phi) is 3.14. The molecule has 0 saturated heterocycles. The molecule has 0 amide bonds. The van der Waals surface area contributed by atoms with Gasteiger partial charge in [-0.05, 0) is 25.0 Å². The summed E-state index contributed by atoms with van der Waals surface area (Å²) in [5, 5.41) is 9.19. The van der Waals surface area contributed by atoms with E-state index in [1.807, 2.05) is 13.0 Å². The predicted molar refractivity (Wildman–Crippen MR) is 52.0 cm³/mol. The lowest BCUT2D eigenvalue weighted by Gasteiger charge is -2.10. The molecule has 0 aliphatic heterocycles. The number of aromatic hydroxyl groups is 1. The lowest BCUT2D eigenvalue weighted by molar-refractivity contribution is 0.401. The van der Waals surface area contributed by atoms with Crippen molar-refractivity contribution in [2.75, 3.05) is 7.11 Å². The highest BCUT2D eigenvalue weighted by molar-refractivity contribution is 5.40. The van der Waals surface area contributed by atoms with E-state index in [-0.39, 0.29) is 11.8 Å². The summed E-state index contributed by atoms with van der Waals surface area (Å²) in [5.41, 5.74) is 6.69. The molecule has 3 nitrogen and oxygen atoms in total. The normalized spacial score (nSPS) is 12.5. The Bertz CT molecular complexity index is 284. The van der Waals surface area contributed by atoms with Gasteiger partial charge >= 0.3 is 0 Å². The third-order valence-electron chi connectivity index (χ3n) is 1.81. The first-order valence-electron chi connectivity index (χ1n) is 4.25. The third-order valence-corrected chi connectivity index (χ3v) is 1.81. The van der Waals surface area contributed by atoms with E-state index in [2.05, 4.69) is 0 Å². The molecule has 13 heavy (non-hydrogen) atoms. The van der Waals surface area contributed by atoms with Crippen molar-refractivity contribution < 1.29 is 9.84 Å². The van der Waals surface area contributed by atoms with Crippen molar-refractivity contribution in [2.24, 2.45) is 5.73 Å². The summed E-state index contributed by atoms with van der Waals surface area (Å²) >= 11 is 0. The van der Waals surface area contributed by atoms with Crippen LogP contribution in [0.4, 0.5) is 0 Å². The van der Waals surface area contributed by atoms with Gasteiger partial charge in [-0.2, -0.15) is 0 Å². The molecular weight excluding hydrogens is 166 g/mol. The molecule has 3 heteroatoms. The van der Waals surface area contributed by atoms with Gasteiger partial charge in [0.15, 0.2) is 0 Å². The highest BCUT2D eigenvalue weighted by atomic mass is 16.5. The first-order chi connectivity index (χ1) is 6.13. The van der Waals surface area contributed by atoms with Gasteiger partial charge in [0.1, 0.15) is 11.5 Å². The number of rotatable bonds is 3. The van der Waals surface area contributed by atoms with Gasteiger partial charge in [-0.1, -0.05) is 6.07 Å². The summed E-state index contributed by atoms with van der Waals surface area (Å²) in [6.45, 7) is 1.94. The molecule has 0 spiro atoms. The second-order valence-electron chi connectivity index (χ2n) is 3.18. The lowest BCUT2D eigenvalue weighted by atomic mass is 10.1. The molecule has 0 saturated carbocycles. The van der Waals surface area contributed by atoms with Crippen LogP contribution in [0, 0.1) is 0 Å². The molecule has 1 atom stereocenters. The fraction of sp³-hybridized carbons (Fsp3) is 0.400. The number of ether oxygens (including phenoxy) is 1. The zero-order chi connectivity index (χ0) is 9.84. The molecule has 0 aliphatic rings. The van der Waals surface area contributed by atoms with E-state index in [9.17, 15) is 5.11 Å². The monoisotopic (exact) mass is 181 g/mol. The Morgan fingerprint density at radius 1 is 1.54 bits per heavy atom. The van der Waals surface area contributed by atoms with Crippen LogP contribution < -0.4 is 10.5 Å². The molecule has 0 unspecified atom stereocenters. The first-order valence-corrected chi connectivity index (χ1v) is 4.25. The van der Waals surface area contributed by atoms with E-state index >= 15 is 0 Å². The van der Waals surface area contributed by atoms with Crippen LogP contribution in [-0.2, 0) is 6.42 Å². The predicted octanol–water partition coefficient (Wildman–Crippen LogP) is 1.29. The Morgan fingerprint density at radius 2 is 2.23 bits per heavy atom. The second-order valence-corrected chi connectivity index (χ2v) is 3.18. The fourth-order valence-electron chi connectivity index (χ4n) is 1.25. The summed E-state index contributed by atoms with van der Waals surface area (Å²) in [5.74, 6) is 0.905. The molecule has 72 valence electrons.